The SMILES string of the molecule is N#CCCCCCCOCCCCC1CCCO1. The van der Waals surface area contributed by atoms with Crippen molar-refractivity contribution in [3.05, 3.63) is 0 Å². The Morgan fingerprint density at radius 3 is 2.56 bits per heavy atom. The Morgan fingerprint density at radius 1 is 1.06 bits per heavy atom. The van der Waals surface area contributed by atoms with Crippen LogP contribution in [-0.2, 0) is 9.47 Å². The average molecular weight is 253 g/mol. The summed E-state index contributed by atoms with van der Waals surface area (Å²) in [4.78, 5) is 0. The first kappa shape index (κ1) is 15.5. The number of nitrogens with zero attached hydrogens (tertiary/aromatic N) is 1. The third kappa shape index (κ3) is 8.49. The second-order valence-corrected chi connectivity index (χ2v) is 5.07. The van der Waals surface area contributed by atoms with Gasteiger partial charge in [0.2, 0.25) is 0 Å². The van der Waals surface area contributed by atoms with Crippen LogP contribution in [0.25, 0.3) is 0 Å². The van der Waals surface area contributed by atoms with E-state index in [4.69, 9.17) is 14.7 Å². The first-order valence-corrected chi connectivity index (χ1v) is 7.50. The van der Waals surface area contributed by atoms with E-state index in [2.05, 4.69) is 6.07 Å². The van der Waals surface area contributed by atoms with Gasteiger partial charge < -0.3 is 9.47 Å². The van der Waals surface area contributed by atoms with Crippen molar-refractivity contribution < 1.29 is 9.47 Å². The molecule has 0 aromatic rings. The summed E-state index contributed by atoms with van der Waals surface area (Å²) in [7, 11) is 0. The number of hydrogen-bond donors (Lipinski definition) is 0. The summed E-state index contributed by atoms with van der Waals surface area (Å²) >= 11 is 0. The molecule has 3 heteroatoms. The van der Waals surface area contributed by atoms with E-state index in [-0.39, 0.29) is 0 Å². The van der Waals surface area contributed by atoms with E-state index in [0.717, 1.165) is 45.5 Å². The van der Waals surface area contributed by atoms with Crippen LogP contribution in [0.3, 0.4) is 0 Å². The van der Waals surface area contributed by atoms with Crippen molar-refractivity contribution in [3.8, 4) is 6.07 Å². The van der Waals surface area contributed by atoms with Gasteiger partial charge in [-0.2, -0.15) is 5.26 Å². The Labute approximate surface area is 111 Å². The highest BCUT2D eigenvalue weighted by molar-refractivity contribution is 4.67. The number of ether oxygens (including phenoxy) is 2. The molecule has 1 unspecified atom stereocenters. The minimum atomic E-state index is 0.533. The lowest BCUT2D eigenvalue weighted by Crippen LogP contribution is -2.05. The van der Waals surface area contributed by atoms with Gasteiger partial charge in [0.15, 0.2) is 0 Å². The maximum atomic E-state index is 8.38. The third-order valence-electron chi connectivity index (χ3n) is 3.42. The van der Waals surface area contributed by atoms with Crippen LogP contribution in [0.5, 0.6) is 0 Å². The van der Waals surface area contributed by atoms with Gasteiger partial charge in [-0.3, -0.25) is 0 Å². The van der Waals surface area contributed by atoms with Crippen molar-refractivity contribution in [2.45, 2.75) is 70.3 Å². The zero-order chi connectivity index (χ0) is 12.9. The van der Waals surface area contributed by atoms with Gasteiger partial charge >= 0.3 is 0 Å². The Bertz CT molecular complexity index is 219. The van der Waals surface area contributed by atoms with Crippen molar-refractivity contribution in [1.29, 1.82) is 5.26 Å². The Hall–Kier alpha value is -0.590. The van der Waals surface area contributed by atoms with Crippen LogP contribution in [0, 0.1) is 11.3 Å². The van der Waals surface area contributed by atoms with Crippen LogP contribution in [0.2, 0.25) is 0 Å². The predicted octanol–water partition coefficient (Wildman–Crippen LogP) is 3.83. The quantitative estimate of drug-likeness (QED) is 0.526. The molecule has 0 aromatic heterocycles. The van der Waals surface area contributed by atoms with E-state index in [1.165, 1.54) is 32.1 Å². The Kier molecular flexibility index (Phi) is 9.88. The van der Waals surface area contributed by atoms with Gasteiger partial charge in [-0.1, -0.05) is 12.8 Å². The molecule has 1 fully saturated rings. The second kappa shape index (κ2) is 11.5. The number of rotatable bonds is 11. The standard InChI is InChI=1S/C15H27NO2/c16-11-5-2-1-3-6-12-17-13-7-4-9-15-10-8-14-18-15/h15H,1-10,12-14H2. The summed E-state index contributed by atoms with van der Waals surface area (Å²) in [5.41, 5.74) is 0. The third-order valence-corrected chi connectivity index (χ3v) is 3.42. The largest absolute Gasteiger partial charge is 0.381 e. The monoisotopic (exact) mass is 253 g/mol. The van der Waals surface area contributed by atoms with Crippen molar-refractivity contribution >= 4 is 0 Å². The van der Waals surface area contributed by atoms with Crippen molar-refractivity contribution in [2.75, 3.05) is 19.8 Å². The predicted molar refractivity (Wildman–Crippen MR) is 72.3 cm³/mol. The van der Waals surface area contributed by atoms with Gasteiger partial charge in [-0.15, -0.1) is 0 Å². The van der Waals surface area contributed by atoms with Crippen LogP contribution in [-0.4, -0.2) is 25.9 Å². The molecule has 104 valence electrons. The summed E-state index contributed by atoms with van der Waals surface area (Å²) in [6, 6.07) is 2.17. The molecule has 1 saturated heterocycles. The van der Waals surface area contributed by atoms with E-state index in [1.807, 2.05) is 0 Å². The number of unbranched alkanes of at least 4 members (excludes halogenated alkanes) is 5. The highest BCUT2D eigenvalue weighted by atomic mass is 16.5. The topological polar surface area (TPSA) is 42.2 Å². The summed E-state index contributed by atoms with van der Waals surface area (Å²) in [5, 5.41) is 8.38. The molecule has 1 aliphatic rings. The van der Waals surface area contributed by atoms with Gasteiger partial charge in [-0.25, -0.2) is 0 Å². The van der Waals surface area contributed by atoms with Crippen LogP contribution in [0.15, 0.2) is 0 Å². The fraction of sp³-hybridized carbons (Fsp3) is 0.933. The first-order chi connectivity index (χ1) is 8.93. The Morgan fingerprint density at radius 2 is 1.83 bits per heavy atom. The van der Waals surface area contributed by atoms with Gasteiger partial charge in [0, 0.05) is 26.2 Å². The highest BCUT2D eigenvalue weighted by Gasteiger charge is 2.14. The van der Waals surface area contributed by atoms with Gasteiger partial charge in [0.25, 0.3) is 0 Å². The molecular weight excluding hydrogens is 226 g/mol. The molecule has 0 N–H and O–H groups in total. The molecule has 1 rings (SSSR count). The Balaban J connectivity index is 1.69. The minimum Gasteiger partial charge on any atom is -0.381 e. The fourth-order valence-corrected chi connectivity index (χ4v) is 2.31. The highest BCUT2D eigenvalue weighted by Crippen LogP contribution is 2.17. The number of hydrogen-bond acceptors (Lipinski definition) is 3. The lowest BCUT2D eigenvalue weighted by atomic mass is 10.1. The summed E-state index contributed by atoms with van der Waals surface area (Å²) in [6.45, 7) is 2.74. The van der Waals surface area contributed by atoms with Gasteiger partial charge in [0.05, 0.1) is 12.2 Å². The second-order valence-electron chi connectivity index (χ2n) is 5.07. The first-order valence-electron chi connectivity index (χ1n) is 7.50. The van der Waals surface area contributed by atoms with Gasteiger partial charge in [-0.05, 0) is 44.9 Å². The lowest BCUT2D eigenvalue weighted by Gasteiger charge is -2.08. The molecule has 0 aliphatic carbocycles. The molecule has 0 saturated carbocycles. The van der Waals surface area contributed by atoms with Gasteiger partial charge in [0.1, 0.15) is 0 Å². The molecule has 0 amide bonds. The summed E-state index contributed by atoms with van der Waals surface area (Å²) in [5.74, 6) is 0. The van der Waals surface area contributed by atoms with Crippen molar-refractivity contribution in [2.24, 2.45) is 0 Å². The van der Waals surface area contributed by atoms with E-state index in [0.29, 0.717) is 12.5 Å². The van der Waals surface area contributed by atoms with Crippen molar-refractivity contribution in [3.63, 3.8) is 0 Å². The maximum absolute atomic E-state index is 8.38. The lowest BCUT2D eigenvalue weighted by molar-refractivity contribution is 0.0931. The summed E-state index contributed by atoms with van der Waals surface area (Å²) < 4.78 is 11.2. The van der Waals surface area contributed by atoms with Crippen LogP contribution < -0.4 is 0 Å². The van der Waals surface area contributed by atoms with Crippen LogP contribution in [0.4, 0.5) is 0 Å². The zero-order valence-corrected chi connectivity index (χ0v) is 11.5. The van der Waals surface area contributed by atoms with E-state index in [1.54, 1.807) is 0 Å². The fourth-order valence-electron chi connectivity index (χ4n) is 2.31. The molecule has 18 heavy (non-hydrogen) atoms. The van der Waals surface area contributed by atoms with E-state index < -0.39 is 0 Å². The minimum absolute atomic E-state index is 0.533. The zero-order valence-electron chi connectivity index (χ0n) is 11.5. The smallest absolute Gasteiger partial charge is 0.0621 e. The molecule has 0 bridgehead atoms. The molecule has 0 radical (unpaired) electrons. The molecule has 1 aliphatic heterocycles. The van der Waals surface area contributed by atoms with Crippen molar-refractivity contribution in [1.82, 2.24) is 0 Å². The maximum Gasteiger partial charge on any atom is 0.0621 e. The number of nitriles is 1. The normalized spacial score (nSPS) is 18.9. The molecule has 1 heterocycles. The molecule has 3 nitrogen and oxygen atoms in total. The molecular formula is C15H27NO2. The molecule has 1 atom stereocenters. The average Bonchev–Trinajstić information content (AvgIpc) is 2.89. The van der Waals surface area contributed by atoms with Crippen LogP contribution in [0.1, 0.15) is 64.2 Å². The van der Waals surface area contributed by atoms with Crippen LogP contribution >= 0.6 is 0 Å². The molecule has 0 aromatic carbocycles. The molecule has 0 spiro atoms. The van der Waals surface area contributed by atoms with E-state index >= 15 is 0 Å². The van der Waals surface area contributed by atoms with E-state index in [9.17, 15) is 0 Å². The summed E-state index contributed by atoms with van der Waals surface area (Å²) in [6.07, 6.45) is 11.9.